The van der Waals surface area contributed by atoms with Gasteiger partial charge in [0.1, 0.15) is 0 Å². The van der Waals surface area contributed by atoms with E-state index in [-0.39, 0.29) is 0 Å². The fourth-order valence-electron chi connectivity index (χ4n) is 1.80. The van der Waals surface area contributed by atoms with E-state index in [2.05, 4.69) is 34.6 Å². The average Bonchev–Trinajstić information content (AvgIpc) is 1.79. The van der Waals surface area contributed by atoms with Crippen molar-refractivity contribution in [2.24, 2.45) is 17.1 Å². The summed E-state index contributed by atoms with van der Waals surface area (Å²) in [5.41, 5.74) is 6.27. The second-order valence-electron chi connectivity index (χ2n) is 4.62. The second-order valence-corrected chi connectivity index (χ2v) is 4.62. The Kier molecular flexibility index (Phi) is 4.09. The maximum atomic E-state index is 5.91. The highest BCUT2D eigenvalue weighted by Gasteiger charge is 2.26. The minimum Gasteiger partial charge on any atom is -0.328 e. The molecule has 0 bridgehead atoms. The highest BCUT2D eigenvalue weighted by Crippen LogP contribution is 2.31. The predicted octanol–water partition coefficient (Wildman–Crippen LogP) is 2.80. The van der Waals surface area contributed by atoms with Gasteiger partial charge >= 0.3 is 0 Å². The maximum Gasteiger partial charge on any atom is 0.00437 e. The molecule has 2 unspecified atom stereocenters. The van der Waals surface area contributed by atoms with Gasteiger partial charge < -0.3 is 5.73 Å². The van der Waals surface area contributed by atoms with Gasteiger partial charge in [0.15, 0.2) is 0 Å². The lowest BCUT2D eigenvalue weighted by molar-refractivity contribution is 0.194. The Morgan fingerprint density at radius 2 is 1.73 bits per heavy atom. The molecule has 11 heavy (non-hydrogen) atoms. The first-order chi connectivity index (χ1) is 4.89. The number of nitrogens with two attached hydrogens (primary N) is 1. The minimum absolute atomic E-state index is 0.329. The third kappa shape index (κ3) is 3.76. The molecule has 0 rings (SSSR count). The van der Waals surface area contributed by atoms with Gasteiger partial charge in [0.05, 0.1) is 0 Å². The van der Waals surface area contributed by atoms with E-state index in [1.165, 1.54) is 12.8 Å². The zero-order valence-electron chi connectivity index (χ0n) is 8.65. The van der Waals surface area contributed by atoms with E-state index >= 15 is 0 Å². The highest BCUT2D eigenvalue weighted by atomic mass is 14.6. The molecule has 0 fully saturated rings. The van der Waals surface area contributed by atoms with E-state index in [0.29, 0.717) is 17.4 Å². The summed E-state index contributed by atoms with van der Waals surface area (Å²) < 4.78 is 0. The molecule has 1 nitrogen and oxygen atoms in total. The second kappa shape index (κ2) is 4.10. The molecule has 68 valence electrons. The van der Waals surface area contributed by atoms with Gasteiger partial charge in [-0.1, -0.05) is 34.1 Å². The Bertz CT molecular complexity index is 99.9. The van der Waals surface area contributed by atoms with Gasteiger partial charge in [0.2, 0.25) is 0 Å². The SMILES string of the molecule is CCCC(C(C)N)C(C)(C)C. The van der Waals surface area contributed by atoms with Gasteiger partial charge in [-0.2, -0.15) is 0 Å². The van der Waals surface area contributed by atoms with Crippen molar-refractivity contribution in [3.05, 3.63) is 0 Å². The van der Waals surface area contributed by atoms with E-state index in [1.807, 2.05) is 0 Å². The Morgan fingerprint density at radius 3 is 1.82 bits per heavy atom. The van der Waals surface area contributed by atoms with E-state index in [4.69, 9.17) is 5.73 Å². The molecule has 0 aliphatic heterocycles. The zero-order valence-corrected chi connectivity index (χ0v) is 8.65. The van der Waals surface area contributed by atoms with Gasteiger partial charge in [-0.3, -0.25) is 0 Å². The summed E-state index contributed by atoms with van der Waals surface area (Å²) in [5.74, 6) is 0.660. The predicted molar refractivity (Wildman–Crippen MR) is 51.5 cm³/mol. The average molecular weight is 157 g/mol. The van der Waals surface area contributed by atoms with Crippen LogP contribution in [0, 0.1) is 11.3 Å². The minimum atomic E-state index is 0.329. The van der Waals surface area contributed by atoms with Crippen LogP contribution in [0.15, 0.2) is 0 Å². The normalized spacial score (nSPS) is 18.0. The standard InChI is InChI=1S/C10H23N/c1-6-7-9(8(2)11)10(3,4)5/h8-9H,6-7,11H2,1-5H3. The molecule has 0 saturated heterocycles. The number of rotatable bonds is 3. The summed E-state index contributed by atoms with van der Waals surface area (Å²) in [6.07, 6.45) is 2.49. The summed E-state index contributed by atoms with van der Waals surface area (Å²) >= 11 is 0. The smallest absolute Gasteiger partial charge is 0.00437 e. The van der Waals surface area contributed by atoms with Crippen LogP contribution in [0.2, 0.25) is 0 Å². The Hall–Kier alpha value is -0.0400. The Labute approximate surface area is 71.4 Å². The summed E-state index contributed by atoms with van der Waals surface area (Å²) in [7, 11) is 0. The summed E-state index contributed by atoms with van der Waals surface area (Å²) in [6.45, 7) is 11.2. The third-order valence-corrected chi connectivity index (χ3v) is 2.35. The summed E-state index contributed by atoms with van der Waals surface area (Å²) in [6, 6.07) is 0.329. The van der Waals surface area contributed by atoms with Crippen LogP contribution in [0.3, 0.4) is 0 Å². The molecule has 0 radical (unpaired) electrons. The van der Waals surface area contributed by atoms with Gasteiger partial charge in [-0.25, -0.2) is 0 Å². The lowest BCUT2D eigenvalue weighted by Crippen LogP contribution is -2.35. The molecule has 0 heterocycles. The van der Waals surface area contributed by atoms with Crippen LogP contribution in [-0.2, 0) is 0 Å². The van der Waals surface area contributed by atoms with E-state index in [1.54, 1.807) is 0 Å². The van der Waals surface area contributed by atoms with Crippen LogP contribution in [0.5, 0.6) is 0 Å². The van der Waals surface area contributed by atoms with Crippen molar-refractivity contribution in [3.8, 4) is 0 Å². The molecule has 0 amide bonds. The Balaban J connectivity index is 4.10. The fourth-order valence-corrected chi connectivity index (χ4v) is 1.80. The van der Waals surface area contributed by atoms with E-state index in [9.17, 15) is 0 Å². The lowest BCUT2D eigenvalue weighted by Gasteiger charge is -2.33. The molecule has 0 aliphatic carbocycles. The first-order valence-electron chi connectivity index (χ1n) is 4.65. The monoisotopic (exact) mass is 157 g/mol. The molecule has 0 saturated carbocycles. The van der Waals surface area contributed by atoms with Crippen LogP contribution < -0.4 is 5.73 Å². The van der Waals surface area contributed by atoms with Crippen molar-refractivity contribution < 1.29 is 0 Å². The quantitative estimate of drug-likeness (QED) is 0.670. The molecule has 2 N–H and O–H groups in total. The molecular formula is C10H23N. The topological polar surface area (TPSA) is 26.0 Å². The molecular weight excluding hydrogens is 134 g/mol. The van der Waals surface area contributed by atoms with Crippen molar-refractivity contribution in [2.45, 2.75) is 53.5 Å². The van der Waals surface area contributed by atoms with Crippen molar-refractivity contribution in [1.82, 2.24) is 0 Å². The van der Waals surface area contributed by atoms with Crippen molar-refractivity contribution >= 4 is 0 Å². The molecule has 0 aliphatic rings. The van der Waals surface area contributed by atoms with Crippen LogP contribution >= 0.6 is 0 Å². The lowest BCUT2D eigenvalue weighted by atomic mass is 9.74. The van der Waals surface area contributed by atoms with Crippen molar-refractivity contribution in [3.63, 3.8) is 0 Å². The fraction of sp³-hybridized carbons (Fsp3) is 1.00. The van der Waals surface area contributed by atoms with Crippen molar-refractivity contribution in [2.75, 3.05) is 0 Å². The summed E-state index contributed by atoms with van der Waals surface area (Å²) in [4.78, 5) is 0. The molecule has 2 atom stereocenters. The van der Waals surface area contributed by atoms with Gasteiger partial charge in [0, 0.05) is 6.04 Å². The molecule has 0 aromatic rings. The third-order valence-electron chi connectivity index (χ3n) is 2.35. The van der Waals surface area contributed by atoms with Crippen LogP contribution in [0.1, 0.15) is 47.5 Å². The van der Waals surface area contributed by atoms with Crippen LogP contribution in [-0.4, -0.2) is 6.04 Å². The highest BCUT2D eigenvalue weighted by molar-refractivity contribution is 4.79. The molecule has 0 aromatic heterocycles. The molecule has 1 heteroatoms. The van der Waals surface area contributed by atoms with Crippen LogP contribution in [0.4, 0.5) is 0 Å². The van der Waals surface area contributed by atoms with E-state index in [0.717, 1.165) is 0 Å². The first-order valence-corrected chi connectivity index (χ1v) is 4.65. The number of hydrogen-bond acceptors (Lipinski definition) is 1. The van der Waals surface area contributed by atoms with Gasteiger partial charge in [0.25, 0.3) is 0 Å². The zero-order chi connectivity index (χ0) is 9.07. The first kappa shape index (κ1) is 11.0. The van der Waals surface area contributed by atoms with Crippen LogP contribution in [0.25, 0.3) is 0 Å². The molecule has 0 spiro atoms. The number of hydrogen-bond donors (Lipinski definition) is 1. The van der Waals surface area contributed by atoms with E-state index < -0.39 is 0 Å². The van der Waals surface area contributed by atoms with Crippen molar-refractivity contribution in [1.29, 1.82) is 0 Å². The molecule has 0 aromatic carbocycles. The van der Waals surface area contributed by atoms with Gasteiger partial charge in [-0.05, 0) is 24.7 Å². The van der Waals surface area contributed by atoms with Gasteiger partial charge in [-0.15, -0.1) is 0 Å². The largest absolute Gasteiger partial charge is 0.328 e. The Morgan fingerprint density at radius 1 is 1.27 bits per heavy atom. The summed E-state index contributed by atoms with van der Waals surface area (Å²) in [5, 5.41) is 0. The maximum absolute atomic E-state index is 5.91.